The van der Waals surface area contributed by atoms with Gasteiger partial charge in [-0.25, -0.2) is 9.78 Å². The molecule has 0 aliphatic heterocycles. The van der Waals surface area contributed by atoms with Crippen LogP contribution in [0.2, 0.25) is 0 Å². The Balaban J connectivity index is 2.86. The van der Waals surface area contributed by atoms with Crippen LogP contribution in [0.25, 0.3) is 0 Å². The van der Waals surface area contributed by atoms with Crippen LogP contribution in [0.4, 0.5) is 0 Å². The number of imidazole rings is 1. The summed E-state index contributed by atoms with van der Waals surface area (Å²) in [6.07, 6.45) is 1.94. The van der Waals surface area contributed by atoms with E-state index >= 15 is 0 Å². The van der Waals surface area contributed by atoms with Crippen molar-refractivity contribution in [1.29, 1.82) is 5.26 Å². The van der Waals surface area contributed by atoms with E-state index in [1.807, 2.05) is 13.8 Å². The Kier molecular flexibility index (Phi) is 3.33. The molecule has 1 aromatic heterocycles. The highest BCUT2D eigenvalue weighted by molar-refractivity contribution is 5.85. The van der Waals surface area contributed by atoms with Crippen LogP contribution in [-0.2, 0) is 6.54 Å². The monoisotopic (exact) mass is 221 g/mol. The van der Waals surface area contributed by atoms with E-state index in [-0.39, 0.29) is 5.69 Å². The number of carbonyl (C=O) groups is 1. The lowest BCUT2D eigenvalue weighted by Gasteiger charge is -2.16. The van der Waals surface area contributed by atoms with Crippen LogP contribution in [0, 0.1) is 23.7 Å². The van der Waals surface area contributed by atoms with E-state index in [1.54, 1.807) is 11.5 Å². The van der Waals surface area contributed by atoms with Gasteiger partial charge in [-0.15, -0.1) is 0 Å². The van der Waals surface area contributed by atoms with Gasteiger partial charge >= 0.3 is 5.97 Å². The van der Waals surface area contributed by atoms with Crippen molar-refractivity contribution in [2.24, 2.45) is 5.41 Å². The molecule has 0 atom stereocenters. The van der Waals surface area contributed by atoms with Crippen molar-refractivity contribution >= 4 is 5.97 Å². The number of aryl methyl sites for hydroxylation is 1. The average Bonchev–Trinajstić information content (AvgIpc) is 2.57. The molecule has 16 heavy (non-hydrogen) atoms. The molecule has 5 nitrogen and oxygen atoms in total. The molecule has 0 fully saturated rings. The fourth-order valence-electron chi connectivity index (χ4n) is 1.37. The summed E-state index contributed by atoms with van der Waals surface area (Å²) < 4.78 is 1.63. The standard InChI is InChI=1S/C11H15N3O2/c1-8-13-6-9(10(15)16)14(8)5-4-11(2,3)7-12/h6H,4-5H2,1-3H3,(H,15,16). The zero-order valence-electron chi connectivity index (χ0n) is 9.69. The molecular weight excluding hydrogens is 206 g/mol. The van der Waals surface area contributed by atoms with Gasteiger partial charge < -0.3 is 9.67 Å². The maximum atomic E-state index is 10.9. The molecule has 1 aromatic rings. The zero-order valence-corrected chi connectivity index (χ0v) is 9.69. The van der Waals surface area contributed by atoms with Crippen molar-refractivity contribution in [2.45, 2.75) is 33.7 Å². The van der Waals surface area contributed by atoms with Crippen LogP contribution in [0.3, 0.4) is 0 Å². The van der Waals surface area contributed by atoms with Gasteiger partial charge in [0.15, 0.2) is 0 Å². The molecule has 1 rings (SSSR count). The Morgan fingerprint density at radius 3 is 2.81 bits per heavy atom. The normalized spacial score (nSPS) is 11.1. The first-order valence-electron chi connectivity index (χ1n) is 5.04. The summed E-state index contributed by atoms with van der Waals surface area (Å²) in [6.45, 7) is 5.92. The van der Waals surface area contributed by atoms with E-state index in [4.69, 9.17) is 10.4 Å². The molecule has 0 aliphatic carbocycles. The van der Waals surface area contributed by atoms with Gasteiger partial charge in [0.05, 0.1) is 17.7 Å². The van der Waals surface area contributed by atoms with Gasteiger partial charge in [-0.3, -0.25) is 0 Å². The molecule has 0 spiro atoms. The van der Waals surface area contributed by atoms with Crippen molar-refractivity contribution < 1.29 is 9.90 Å². The summed E-state index contributed by atoms with van der Waals surface area (Å²) in [7, 11) is 0. The van der Waals surface area contributed by atoms with Crippen LogP contribution >= 0.6 is 0 Å². The molecule has 5 heteroatoms. The highest BCUT2D eigenvalue weighted by atomic mass is 16.4. The molecule has 0 saturated carbocycles. The Morgan fingerprint density at radius 2 is 2.31 bits per heavy atom. The second kappa shape index (κ2) is 4.35. The molecule has 1 heterocycles. The summed E-state index contributed by atoms with van der Waals surface area (Å²) >= 11 is 0. The number of nitrogens with zero attached hydrogens (tertiary/aromatic N) is 3. The predicted octanol–water partition coefficient (Wildman–Crippen LogP) is 1.83. The van der Waals surface area contributed by atoms with Gasteiger partial charge in [0.1, 0.15) is 11.5 Å². The van der Waals surface area contributed by atoms with Crippen molar-refractivity contribution in [2.75, 3.05) is 0 Å². The summed E-state index contributed by atoms with van der Waals surface area (Å²) in [5.41, 5.74) is -0.279. The Bertz CT molecular complexity index is 441. The Labute approximate surface area is 94.3 Å². The predicted molar refractivity (Wildman–Crippen MR) is 57.9 cm³/mol. The van der Waals surface area contributed by atoms with Crippen LogP contribution in [0.15, 0.2) is 6.20 Å². The topological polar surface area (TPSA) is 78.9 Å². The van der Waals surface area contributed by atoms with Gasteiger partial charge in [-0.2, -0.15) is 5.26 Å². The number of aromatic nitrogens is 2. The molecule has 0 aliphatic rings. The highest BCUT2D eigenvalue weighted by Crippen LogP contribution is 2.20. The van der Waals surface area contributed by atoms with E-state index in [0.717, 1.165) is 0 Å². The first-order valence-corrected chi connectivity index (χ1v) is 5.04. The highest BCUT2D eigenvalue weighted by Gasteiger charge is 2.19. The lowest BCUT2D eigenvalue weighted by molar-refractivity contribution is 0.0684. The van der Waals surface area contributed by atoms with E-state index in [2.05, 4.69) is 11.1 Å². The molecule has 0 unspecified atom stereocenters. The number of hydrogen-bond donors (Lipinski definition) is 1. The van der Waals surface area contributed by atoms with Crippen molar-refractivity contribution in [1.82, 2.24) is 9.55 Å². The lowest BCUT2D eigenvalue weighted by Crippen LogP contribution is -2.16. The second-order valence-corrected chi connectivity index (χ2v) is 4.39. The van der Waals surface area contributed by atoms with Crippen molar-refractivity contribution in [3.05, 3.63) is 17.7 Å². The third-order valence-electron chi connectivity index (χ3n) is 2.54. The number of carboxylic acid groups (broad SMARTS) is 1. The van der Waals surface area contributed by atoms with E-state index < -0.39 is 11.4 Å². The third-order valence-corrected chi connectivity index (χ3v) is 2.54. The van der Waals surface area contributed by atoms with E-state index in [1.165, 1.54) is 6.20 Å². The molecule has 86 valence electrons. The maximum Gasteiger partial charge on any atom is 0.354 e. The molecule has 0 bridgehead atoms. The smallest absolute Gasteiger partial charge is 0.354 e. The summed E-state index contributed by atoms with van der Waals surface area (Å²) in [6, 6.07) is 2.19. The second-order valence-electron chi connectivity index (χ2n) is 4.39. The largest absolute Gasteiger partial charge is 0.477 e. The number of hydrogen-bond acceptors (Lipinski definition) is 3. The average molecular weight is 221 g/mol. The number of nitriles is 1. The van der Waals surface area contributed by atoms with Crippen LogP contribution in [0.1, 0.15) is 36.6 Å². The number of carboxylic acids is 1. The van der Waals surface area contributed by atoms with Gasteiger partial charge in [0, 0.05) is 6.54 Å². The number of rotatable bonds is 4. The molecule has 0 aromatic carbocycles. The van der Waals surface area contributed by atoms with Gasteiger partial charge in [-0.1, -0.05) is 0 Å². The first kappa shape index (κ1) is 12.2. The number of aromatic carboxylic acids is 1. The van der Waals surface area contributed by atoms with Crippen molar-refractivity contribution in [3.8, 4) is 6.07 Å². The third kappa shape index (κ3) is 2.60. The fourth-order valence-corrected chi connectivity index (χ4v) is 1.37. The first-order chi connectivity index (χ1) is 7.37. The fraction of sp³-hybridized carbons (Fsp3) is 0.545. The minimum absolute atomic E-state index is 0.172. The van der Waals surface area contributed by atoms with Gasteiger partial charge in [0.2, 0.25) is 0 Å². The molecule has 0 amide bonds. The molecule has 0 radical (unpaired) electrons. The van der Waals surface area contributed by atoms with Crippen LogP contribution in [0.5, 0.6) is 0 Å². The van der Waals surface area contributed by atoms with E-state index in [9.17, 15) is 4.79 Å². The summed E-state index contributed by atoms with van der Waals surface area (Å²) in [5.74, 6) is -0.332. The van der Waals surface area contributed by atoms with E-state index in [0.29, 0.717) is 18.8 Å². The maximum absolute atomic E-state index is 10.9. The quantitative estimate of drug-likeness (QED) is 0.841. The molecule has 1 N–H and O–H groups in total. The Morgan fingerprint density at radius 1 is 1.69 bits per heavy atom. The zero-order chi connectivity index (χ0) is 12.3. The van der Waals surface area contributed by atoms with Gasteiger partial charge in [0.25, 0.3) is 0 Å². The van der Waals surface area contributed by atoms with Crippen LogP contribution in [-0.4, -0.2) is 20.6 Å². The summed E-state index contributed by atoms with van der Waals surface area (Å²) in [5, 5.41) is 17.8. The van der Waals surface area contributed by atoms with Crippen molar-refractivity contribution in [3.63, 3.8) is 0 Å². The molecule has 0 saturated heterocycles. The van der Waals surface area contributed by atoms with Gasteiger partial charge in [-0.05, 0) is 27.2 Å². The SMILES string of the molecule is Cc1ncc(C(=O)O)n1CCC(C)(C)C#N. The summed E-state index contributed by atoms with van der Waals surface area (Å²) in [4.78, 5) is 14.9. The Hall–Kier alpha value is -1.83. The van der Waals surface area contributed by atoms with Crippen LogP contribution < -0.4 is 0 Å². The molecular formula is C11H15N3O2. The lowest BCUT2D eigenvalue weighted by atomic mass is 9.91. The minimum Gasteiger partial charge on any atom is -0.477 e. The minimum atomic E-state index is -0.990.